The minimum Gasteiger partial charge on any atom is -0.259 e. The number of nitro benzene ring substituents is 1. The number of hydrazine groups is 2. The van der Waals surface area contributed by atoms with Gasteiger partial charge in [0.05, 0.1) is 25.7 Å². The second-order valence-electron chi connectivity index (χ2n) is 8.56. The topological polar surface area (TPSA) is 86.9 Å². The molecule has 0 saturated heterocycles. The molecule has 2 aromatic heterocycles. The molecule has 1 aliphatic rings. The second kappa shape index (κ2) is 8.94. The molecule has 4 aromatic carbocycles. The van der Waals surface area contributed by atoms with E-state index in [1.807, 2.05) is 65.8 Å². The molecular formula is C28H18N6O2S2. The van der Waals surface area contributed by atoms with Gasteiger partial charge in [0.2, 0.25) is 0 Å². The Kier molecular flexibility index (Phi) is 5.27. The Bertz CT molecular complexity index is 1810. The highest BCUT2D eigenvalue weighted by molar-refractivity contribution is 7.28. The van der Waals surface area contributed by atoms with Crippen molar-refractivity contribution >= 4 is 65.9 Å². The highest BCUT2D eigenvalue weighted by Crippen LogP contribution is 2.47. The van der Waals surface area contributed by atoms with Gasteiger partial charge < -0.3 is 0 Å². The molecule has 0 spiro atoms. The number of hydrogen-bond donors (Lipinski definition) is 1. The van der Waals surface area contributed by atoms with Gasteiger partial charge >= 0.3 is 0 Å². The average molecular weight is 535 g/mol. The van der Waals surface area contributed by atoms with Crippen molar-refractivity contribution in [3.63, 3.8) is 0 Å². The van der Waals surface area contributed by atoms with E-state index >= 15 is 0 Å². The molecule has 0 amide bonds. The summed E-state index contributed by atoms with van der Waals surface area (Å²) in [6.45, 7) is 0. The van der Waals surface area contributed by atoms with Crippen LogP contribution in [0.4, 0.5) is 17.1 Å². The largest absolute Gasteiger partial charge is 0.269 e. The van der Waals surface area contributed by atoms with Crippen molar-refractivity contribution in [1.29, 1.82) is 0 Å². The van der Waals surface area contributed by atoms with Crippen LogP contribution in [0, 0.1) is 10.1 Å². The van der Waals surface area contributed by atoms with E-state index < -0.39 is 4.92 Å². The van der Waals surface area contributed by atoms with Crippen molar-refractivity contribution in [2.45, 2.75) is 0 Å². The van der Waals surface area contributed by atoms with E-state index in [1.165, 1.54) is 12.1 Å². The molecule has 0 fully saturated rings. The Balaban J connectivity index is 1.42. The highest BCUT2D eigenvalue weighted by atomic mass is 32.1. The van der Waals surface area contributed by atoms with Crippen LogP contribution >= 0.6 is 22.7 Å². The number of aromatic nitrogens is 1. The molecular weight excluding hydrogens is 516 g/mol. The lowest BCUT2D eigenvalue weighted by Crippen LogP contribution is -2.44. The van der Waals surface area contributed by atoms with Crippen LogP contribution in [0.5, 0.6) is 0 Å². The Hall–Kier alpha value is -4.80. The van der Waals surface area contributed by atoms with Gasteiger partial charge in [-0.2, -0.15) is 10.2 Å². The zero-order valence-corrected chi connectivity index (χ0v) is 21.3. The van der Waals surface area contributed by atoms with Crippen molar-refractivity contribution in [3.05, 3.63) is 119 Å². The molecule has 6 aromatic rings. The number of benzene rings is 4. The zero-order valence-electron chi connectivity index (χ0n) is 19.7. The number of nitrogens with one attached hydrogen (secondary N) is 1. The SMILES string of the molecule is O=[N+]([O-])c1ccc(N2N=C(c3ccccc3)NN2c2c(-c3nc4ccccc4s3)sc3ccccc23)cc1. The first-order valence-corrected chi connectivity index (χ1v) is 13.4. The van der Waals surface area contributed by atoms with Gasteiger partial charge in [-0.25, -0.2) is 4.98 Å². The molecule has 1 aliphatic heterocycles. The standard InChI is InChI=1S/C28H18N6O2S2/c35-34(36)20-16-14-19(15-17-20)32-30-27(18-8-2-1-3-9-18)31-33(32)25-21-10-4-6-12-23(21)37-26(25)28-29-22-11-5-7-13-24(22)38-28/h1-17H,(H,30,31). The number of non-ortho nitro benzene ring substituents is 1. The lowest BCUT2D eigenvalue weighted by molar-refractivity contribution is -0.384. The van der Waals surface area contributed by atoms with E-state index in [9.17, 15) is 10.1 Å². The minimum absolute atomic E-state index is 0.0240. The van der Waals surface area contributed by atoms with Crippen molar-refractivity contribution in [3.8, 4) is 9.88 Å². The third-order valence-corrected chi connectivity index (χ3v) is 8.55. The second-order valence-corrected chi connectivity index (χ2v) is 10.6. The fourth-order valence-corrected chi connectivity index (χ4v) is 6.64. The quantitative estimate of drug-likeness (QED) is 0.186. The van der Waals surface area contributed by atoms with Crippen molar-refractivity contribution in [1.82, 2.24) is 10.4 Å². The van der Waals surface area contributed by atoms with Crippen LogP contribution in [0.1, 0.15) is 5.56 Å². The molecule has 0 radical (unpaired) electrons. The van der Waals surface area contributed by atoms with E-state index in [4.69, 9.17) is 10.1 Å². The van der Waals surface area contributed by atoms with Gasteiger partial charge in [-0.05, 0) is 30.3 Å². The van der Waals surface area contributed by atoms with Gasteiger partial charge in [0.25, 0.3) is 5.69 Å². The molecule has 3 heterocycles. The lowest BCUT2D eigenvalue weighted by Gasteiger charge is -2.28. The first-order valence-electron chi connectivity index (χ1n) is 11.8. The third-order valence-electron chi connectivity index (χ3n) is 6.20. The summed E-state index contributed by atoms with van der Waals surface area (Å²) in [5.74, 6) is 0.662. The Labute approximate surface area is 224 Å². The van der Waals surface area contributed by atoms with E-state index in [0.29, 0.717) is 11.5 Å². The number of hydrogen-bond acceptors (Lipinski definition) is 9. The summed E-state index contributed by atoms with van der Waals surface area (Å²) in [6, 6.07) is 32.6. The lowest BCUT2D eigenvalue weighted by atomic mass is 10.2. The van der Waals surface area contributed by atoms with Gasteiger partial charge in [0.1, 0.15) is 10.7 Å². The zero-order chi connectivity index (χ0) is 25.6. The van der Waals surface area contributed by atoms with Gasteiger partial charge in [0, 0.05) is 27.8 Å². The summed E-state index contributed by atoms with van der Waals surface area (Å²) in [4.78, 5) is 16.8. The predicted molar refractivity (Wildman–Crippen MR) is 155 cm³/mol. The van der Waals surface area contributed by atoms with Crippen molar-refractivity contribution < 1.29 is 4.92 Å². The minimum atomic E-state index is -0.403. The predicted octanol–water partition coefficient (Wildman–Crippen LogP) is 7.19. The monoisotopic (exact) mass is 534 g/mol. The molecule has 0 saturated carbocycles. The van der Waals surface area contributed by atoms with Crippen molar-refractivity contribution in [2.24, 2.45) is 5.10 Å². The molecule has 10 heteroatoms. The Morgan fingerprint density at radius 2 is 1.50 bits per heavy atom. The number of thiophene rings is 1. The molecule has 7 rings (SSSR count). The molecule has 38 heavy (non-hydrogen) atoms. The average Bonchev–Trinajstić information content (AvgIpc) is 3.68. The number of nitro groups is 1. The van der Waals surface area contributed by atoms with Gasteiger partial charge in [-0.3, -0.25) is 15.5 Å². The summed E-state index contributed by atoms with van der Waals surface area (Å²) in [5.41, 5.74) is 6.99. The summed E-state index contributed by atoms with van der Waals surface area (Å²) >= 11 is 3.33. The Morgan fingerprint density at radius 3 is 2.26 bits per heavy atom. The Morgan fingerprint density at radius 1 is 0.789 bits per heavy atom. The number of para-hydroxylation sites is 1. The number of rotatable bonds is 5. The van der Waals surface area contributed by atoms with Crippen LogP contribution in [-0.2, 0) is 0 Å². The number of nitrogens with zero attached hydrogens (tertiary/aromatic N) is 5. The summed E-state index contributed by atoms with van der Waals surface area (Å²) in [5, 5.41) is 21.8. The smallest absolute Gasteiger partial charge is 0.259 e. The molecule has 8 nitrogen and oxygen atoms in total. The third kappa shape index (κ3) is 3.74. The van der Waals surface area contributed by atoms with Crippen LogP contribution in [0.3, 0.4) is 0 Å². The van der Waals surface area contributed by atoms with E-state index in [0.717, 1.165) is 41.4 Å². The number of thiazole rings is 1. The fourth-order valence-electron chi connectivity index (χ4n) is 4.42. The van der Waals surface area contributed by atoms with E-state index in [-0.39, 0.29) is 5.69 Å². The first-order chi connectivity index (χ1) is 18.7. The molecule has 0 bridgehead atoms. The maximum absolute atomic E-state index is 11.3. The molecule has 1 N–H and O–H groups in total. The fraction of sp³-hybridized carbons (Fsp3) is 0. The first kappa shape index (κ1) is 22.4. The number of anilines is 2. The molecule has 184 valence electrons. The number of fused-ring (bicyclic) bond motifs is 2. The van der Waals surface area contributed by atoms with E-state index in [2.05, 4.69) is 23.6 Å². The number of hydrazone groups is 1. The highest BCUT2D eigenvalue weighted by Gasteiger charge is 2.32. The summed E-state index contributed by atoms with van der Waals surface area (Å²) in [6.07, 6.45) is 0. The molecule has 0 unspecified atom stereocenters. The van der Waals surface area contributed by atoms with Crippen LogP contribution in [-0.4, -0.2) is 15.7 Å². The molecule has 0 atom stereocenters. The maximum Gasteiger partial charge on any atom is 0.269 e. The summed E-state index contributed by atoms with van der Waals surface area (Å²) < 4.78 is 2.24. The van der Waals surface area contributed by atoms with Crippen LogP contribution < -0.4 is 15.7 Å². The van der Waals surface area contributed by atoms with Crippen molar-refractivity contribution in [2.75, 3.05) is 10.2 Å². The van der Waals surface area contributed by atoms with Gasteiger partial charge in [-0.15, -0.1) is 27.8 Å². The normalized spacial score (nSPS) is 13.2. The number of amidine groups is 1. The van der Waals surface area contributed by atoms with Gasteiger partial charge in [-0.1, -0.05) is 60.7 Å². The maximum atomic E-state index is 11.3. The van der Waals surface area contributed by atoms with Gasteiger partial charge in [0.15, 0.2) is 5.84 Å². The van der Waals surface area contributed by atoms with Crippen LogP contribution in [0.2, 0.25) is 0 Å². The van der Waals surface area contributed by atoms with Crippen LogP contribution in [0.15, 0.2) is 108 Å². The molecule has 0 aliphatic carbocycles. The van der Waals surface area contributed by atoms with E-state index in [1.54, 1.807) is 39.9 Å². The van der Waals surface area contributed by atoms with Crippen LogP contribution in [0.25, 0.3) is 30.2 Å². The summed E-state index contributed by atoms with van der Waals surface area (Å²) in [7, 11) is 0.